The number of imidazole rings is 1. The van der Waals surface area contributed by atoms with Crippen LogP contribution in [0, 0.1) is 5.82 Å². The molecule has 6 heterocycles. The van der Waals surface area contributed by atoms with Crippen LogP contribution in [0.1, 0.15) is 68.4 Å². The van der Waals surface area contributed by atoms with Crippen molar-refractivity contribution in [3.8, 4) is 11.3 Å². The Morgan fingerprint density at radius 3 is 2.15 bits per heavy atom. The van der Waals surface area contributed by atoms with Gasteiger partial charge in [0.15, 0.2) is 11.5 Å². The van der Waals surface area contributed by atoms with Crippen molar-refractivity contribution in [2.24, 2.45) is 0 Å². The second-order valence-electron chi connectivity index (χ2n) is 18.0. The van der Waals surface area contributed by atoms with E-state index in [0.29, 0.717) is 128 Å². The molecule has 0 bridgehead atoms. The van der Waals surface area contributed by atoms with Crippen LogP contribution >= 0.6 is 0 Å². The first kappa shape index (κ1) is 51.7. The fraction of sp³-hybridized carbons (Fsp3) is 0.460. The fourth-order valence-electron chi connectivity index (χ4n) is 8.86. The number of hydrogen-bond acceptors (Lipinski definition) is 17. The van der Waals surface area contributed by atoms with Crippen LogP contribution in [0.25, 0.3) is 16.9 Å². The van der Waals surface area contributed by atoms with Gasteiger partial charge in [-0.3, -0.25) is 53.4 Å². The van der Waals surface area contributed by atoms with E-state index in [1.165, 1.54) is 6.07 Å². The Hall–Kier alpha value is -7.22. The number of amides is 6. The van der Waals surface area contributed by atoms with Gasteiger partial charge >= 0.3 is 0 Å². The van der Waals surface area contributed by atoms with E-state index in [4.69, 9.17) is 28.7 Å². The highest BCUT2D eigenvalue weighted by molar-refractivity contribution is 6.25. The summed E-state index contributed by atoms with van der Waals surface area (Å²) in [6.07, 6.45) is 9.43. The molecule has 2 saturated heterocycles. The van der Waals surface area contributed by atoms with Gasteiger partial charge in [0.25, 0.3) is 17.7 Å². The van der Waals surface area contributed by atoms with Crippen molar-refractivity contribution in [3.05, 3.63) is 89.4 Å². The number of carbonyl (C=O) groups is 6. The Labute approximate surface area is 424 Å². The number of fused-ring (bicyclic) bond motifs is 2. The molecular weight excluding hydrogens is 964 g/mol. The van der Waals surface area contributed by atoms with Crippen molar-refractivity contribution >= 4 is 58.3 Å². The molecule has 1 aliphatic carbocycles. The molecule has 1 atom stereocenters. The molecule has 1 saturated carbocycles. The number of nitrogens with zero attached hydrogens (tertiary/aromatic N) is 7. The van der Waals surface area contributed by atoms with Crippen LogP contribution in [0.5, 0.6) is 0 Å². The first-order valence-corrected chi connectivity index (χ1v) is 24.8. The van der Waals surface area contributed by atoms with Crippen molar-refractivity contribution < 1.29 is 56.8 Å². The number of piperazine rings is 1. The van der Waals surface area contributed by atoms with Crippen LogP contribution in [-0.4, -0.2) is 193 Å². The molecule has 5 N–H and O–H groups in total. The highest BCUT2D eigenvalue weighted by atomic mass is 19.1. The van der Waals surface area contributed by atoms with E-state index in [2.05, 4.69) is 36.4 Å². The van der Waals surface area contributed by atoms with Gasteiger partial charge in [0.1, 0.15) is 11.9 Å². The molecule has 0 spiro atoms. The third kappa shape index (κ3) is 12.7. The smallest absolute Gasteiger partial charge is 0.264 e. The lowest BCUT2D eigenvalue weighted by molar-refractivity contribution is -0.136. The lowest BCUT2D eigenvalue weighted by atomic mass is 10.0. The van der Waals surface area contributed by atoms with Crippen molar-refractivity contribution in [2.45, 2.75) is 37.6 Å². The van der Waals surface area contributed by atoms with E-state index >= 15 is 4.39 Å². The summed E-state index contributed by atoms with van der Waals surface area (Å²) in [5, 5.41) is 18.2. The van der Waals surface area contributed by atoms with Gasteiger partial charge in [-0.15, -0.1) is 0 Å². The number of ether oxygens (including phenoxy) is 5. The zero-order valence-electron chi connectivity index (χ0n) is 40.8. The monoisotopic (exact) mass is 1020 g/mol. The van der Waals surface area contributed by atoms with E-state index in [-0.39, 0.29) is 53.6 Å². The molecule has 1 unspecified atom stereocenters. The number of piperidine rings is 1. The summed E-state index contributed by atoms with van der Waals surface area (Å²) in [7, 11) is 0. The molecule has 3 aromatic heterocycles. The number of nitrogens with one attached hydrogen (secondary N) is 5. The molecule has 74 heavy (non-hydrogen) atoms. The summed E-state index contributed by atoms with van der Waals surface area (Å²) in [6, 6.07) is 8.24. The van der Waals surface area contributed by atoms with Crippen LogP contribution in [0.15, 0.2) is 61.2 Å². The quantitative estimate of drug-likeness (QED) is 0.0373. The molecule has 6 amide bonds. The molecule has 9 rings (SSSR count). The van der Waals surface area contributed by atoms with Crippen LogP contribution in [-0.2, 0) is 38.1 Å². The lowest BCUT2D eigenvalue weighted by Gasteiger charge is -2.34. The molecule has 2 aromatic carbocycles. The van der Waals surface area contributed by atoms with E-state index < -0.39 is 35.5 Å². The van der Waals surface area contributed by atoms with E-state index in [0.717, 1.165) is 34.7 Å². The molecule has 23 nitrogen and oxygen atoms in total. The van der Waals surface area contributed by atoms with Gasteiger partial charge in [0, 0.05) is 80.8 Å². The average molecular weight is 1020 g/mol. The SMILES string of the molecule is O=C(CN1CCN(C(=O)c2ccc(Nc3nc(C4CC4)cn4c(-c5cn[nH]c5)cnc34)c(F)c2)CC1)NCCOCCOCCOCCOCCOCCNc1cccc2c1C(=O)N(C1CCC(=O)NC1=O)C2=O. The second-order valence-corrected chi connectivity index (χ2v) is 18.0. The third-order valence-electron chi connectivity index (χ3n) is 12.9. The van der Waals surface area contributed by atoms with Crippen molar-refractivity contribution in [2.75, 3.05) is 123 Å². The largest absolute Gasteiger partial charge is 0.382 e. The highest BCUT2D eigenvalue weighted by Gasteiger charge is 2.45. The standard InChI is InChI=1S/C50H59FN12O11/c51-36-26-33(6-7-37(36)57-45-46-54-29-41(34-27-55-56-28-34)62(46)30-39(58-45)32-4-5-32)48(67)61-14-12-60(13-15-61)31-43(65)53-11-17-71-19-21-73-23-25-74-24-22-72-20-18-70-16-10-52-38-3-1-2-35-44(38)50(69)63(49(35)68)40-8-9-42(64)59-47(40)66/h1-3,6-7,26-30,32,40,52H,4-5,8-25,31H2,(H,53,65)(H,55,56)(H,57,58)(H,59,64,66). The normalized spacial score (nSPS) is 17.0. The minimum atomic E-state index is -1.03. The number of halogens is 1. The van der Waals surface area contributed by atoms with Gasteiger partial charge in [-0.05, 0) is 49.6 Å². The van der Waals surface area contributed by atoms with E-state index in [9.17, 15) is 28.8 Å². The molecular formula is C50H59FN12O11. The first-order chi connectivity index (χ1) is 36.1. The maximum Gasteiger partial charge on any atom is 0.264 e. The van der Waals surface area contributed by atoms with Crippen molar-refractivity contribution in [1.82, 2.24) is 49.9 Å². The van der Waals surface area contributed by atoms with E-state index in [1.54, 1.807) is 53.8 Å². The van der Waals surface area contributed by atoms with Gasteiger partial charge in [-0.1, -0.05) is 6.07 Å². The third-order valence-corrected chi connectivity index (χ3v) is 12.9. The maximum atomic E-state index is 15.6. The molecule has 5 aromatic rings. The summed E-state index contributed by atoms with van der Waals surface area (Å²) < 4.78 is 45.3. The Balaban J connectivity index is 0.563. The first-order valence-electron chi connectivity index (χ1n) is 24.8. The van der Waals surface area contributed by atoms with Crippen LogP contribution in [0.4, 0.5) is 21.6 Å². The Bertz CT molecular complexity index is 2820. The predicted octanol–water partition coefficient (Wildman–Crippen LogP) is 2.35. The lowest BCUT2D eigenvalue weighted by Crippen LogP contribution is -2.54. The number of imide groups is 2. The summed E-state index contributed by atoms with van der Waals surface area (Å²) in [5.41, 5.74) is 4.41. The number of aromatic nitrogens is 5. The predicted molar refractivity (Wildman–Crippen MR) is 263 cm³/mol. The minimum Gasteiger partial charge on any atom is -0.382 e. The number of benzene rings is 2. The Kier molecular flexibility index (Phi) is 17.2. The number of aromatic amines is 1. The maximum absolute atomic E-state index is 15.6. The number of rotatable bonds is 27. The number of carbonyl (C=O) groups excluding carboxylic acids is 6. The second kappa shape index (κ2) is 24.7. The Morgan fingerprint density at radius 2 is 1.49 bits per heavy atom. The summed E-state index contributed by atoms with van der Waals surface area (Å²) in [4.78, 5) is 90.1. The van der Waals surface area contributed by atoms with Gasteiger partial charge in [-0.2, -0.15) is 5.10 Å². The summed E-state index contributed by atoms with van der Waals surface area (Å²) in [6.45, 7) is 6.27. The highest BCUT2D eigenvalue weighted by Crippen LogP contribution is 2.41. The zero-order chi connectivity index (χ0) is 51.4. The molecule has 3 aliphatic heterocycles. The van der Waals surface area contributed by atoms with Gasteiger partial charge < -0.3 is 44.5 Å². The van der Waals surface area contributed by atoms with Crippen molar-refractivity contribution in [3.63, 3.8) is 0 Å². The van der Waals surface area contributed by atoms with Crippen molar-refractivity contribution in [1.29, 1.82) is 0 Å². The topological polar surface area (TPSA) is 265 Å². The van der Waals surface area contributed by atoms with E-state index in [1.807, 2.05) is 15.5 Å². The summed E-state index contributed by atoms with van der Waals surface area (Å²) >= 11 is 0. The minimum absolute atomic E-state index is 0.0509. The average Bonchev–Trinajstić information content (AvgIpc) is 3.82. The molecule has 392 valence electrons. The molecule has 24 heteroatoms. The van der Waals surface area contributed by atoms with Gasteiger partial charge in [0.05, 0.1) is 113 Å². The fourth-order valence-corrected chi connectivity index (χ4v) is 8.86. The molecule has 4 aliphatic rings. The van der Waals surface area contributed by atoms with Crippen LogP contribution < -0.4 is 21.3 Å². The zero-order valence-corrected chi connectivity index (χ0v) is 40.8. The molecule has 0 radical (unpaired) electrons. The van der Waals surface area contributed by atoms with Crippen LogP contribution in [0.2, 0.25) is 0 Å². The molecule has 3 fully saturated rings. The Morgan fingerprint density at radius 1 is 0.784 bits per heavy atom. The van der Waals surface area contributed by atoms with Crippen LogP contribution in [0.3, 0.4) is 0 Å². The van der Waals surface area contributed by atoms with Gasteiger partial charge in [-0.25, -0.2) is 14.4 Å². The number of H-pyrrole nitrogens is 1. The summed E-state index contributed by atoms with van der Waals surface area (Å²) in [5.74, 6) is -2.47. The number of anilines is 3. The van der Waals surface area contributed by atoms with Gasteiger partial charge in [0.2, 0.25) is 17.7 Å². The number of hydrogen-bond donors (Lipinski definition) is 5.